The van der Waals surface area contributed by atoms with Crippen molar-refractivity contribution in [1.29, 1.82) is 0 Å². The summed E-state index contributed by atoms with van der Waals surface area (Å²) in [4.78, 5) is 4.74. The van der Waals surface area contributed by atoms with Crippen LogP contribution in [0.2, 0.25) is 0 Å². The molecular weight excluding hydrogens is 333 g/mol. The first-order valence-electron chi connectivity index (χ1n) is 8.53. The minimum absolute atomic E-state index is 0.300. The van der Waals surface area contributed by atoms with Gasteiger partial charge in [0.15, 0.2) is 0 Å². The summed E-state index contributed by atoms with van der Waals surface area (Å²) in [5.74, 6) is 0.538. The van der Waals surface area contributed by atoms with Gasteiger partial charge in [-0.25, -0.2) is 14.4 Å². The van der Waals surface area contributed by atoms with E-state index in [4.69, 9.17) is 9.73 Å². The topological polar surface area (TPSA) is 57.1 Å². The van der Waals surface area contributed by atoms with E-state index in [1.165, 1.54) is 19.2 Å². The molecule has 26 heavy (non-hydrogen) atoms. The lowest BCUT2D eigenvalue weighted by molar-refractivity contribution is 0.00684. The zero-order chi connectivity index (χ0) is 18.9. The molecule has 1 aliphatic rings. The molecule has 1 heterocycles. The molecule has 1 unspecified atom stereocenters. The van der Waals surface area contributed by atoms with E-state index in [1.54, 1.807) is 6.07 Å². The summed E-state index contributed by atoms with van der Waals surface area (Å²) in [7, 11) is 1.50. The fourth-order valence-corrected chi connectivity index (χ4v) is 2.91. The lowest BCUT2D eigenvalue weighted by Gasteiger charge is -2.27. The van der Waals surface area contributed by atoms with E-state index in [0.717, 1.165) is 16.2 Å². The molecule has 0 bridgehead atoms. The Morgan fingerprint density at radius 2 is 1.96 bits per heavy atom. The number of nitrogens with one attached hydrogen (secondary N) is 1. The van der Waals surface area contributed by atoms with Gasteiger partial charge in [0.25, 0.3) is 0 Å². The smallest absolute Gasteiger partial charge is 0.219 e. The number of hydrogen-bond acceptors (Lipinski definition) is 3. The van der Waals surface area contributed by atoms with Crippen molar-refractivity contribution in [3.8, 4) is 5.75 Å². The second-order valence-corrected chi connectivity index (χ2v) is 7.42. The second-order valence-electron chi connectivity index (χ2n) is 7.42. The Balaban J connectivity index is 2.18. The van der Waals surface area contributed by atoms with Crippen molar-refractivity contribution in [2.45, 2.75) is 39.0 Å². The van der Waals surface area contributed by atoms with Gasteiger partial charge in [0, 0.05) is 18.2 Å². The molecule has 1 aliphatic heterocycles. The third kappa shape index (κ3) is 3.96. The monoisotopic (exact) mass is 357 g/mol. The Bertz CT molecular complexity index is 828. The second kappa shape index (κ2) is 6.96. The van der Waals surface area contributed by atoms with E-state index in [-0.39, 0.29) is 11.4 Å². The van der Waals surface area contributed by atoms with Gasteiger partial charge in [-0.1, -0.05) is 24.3 Å². The normalized spacial score (nSPS) is 16.8. The molecule has 2 aromatic rings. The number of hydrogen-bond donors (Lipinski definition) is 2. The first-order chi connectivity index (χ1) is 12.2. The minimum Gasteiger partial charge on any atom is -0.489 e. The minimum atomic E-state index is -0.501. The van der Waals surface area contributed by atoms with Crippen molar-refractivity contribution in [2.75, 3.05) is 7.05 Å². The maximum atomic E-state index is 14.0. The van der Waals surface area contributed by atoms with Crippen molar-refractivity contribution in [2.24, 2.45) is 4.99 Å². The van der Waals surface area contributed by atoms with Crippen LogP contribution >= 0.6 is 0 Å². The summed E-state index contributed by atoms with van der Waals surface area (Å²) in [5, 5.41) is 14.2. The van der Waals surface area contributed by atoms with Gasteiger partial charge < -0.3 is 10.1 Å². The third-order valence-corrected chi connectivity index (χ3v) is 4.04. The number of aliphatic imine (C=N–C) groups is 1. The summed E-state index contributed by atoms with van der Waals surface area (Å²) in [6.07, 6.45) is 0. The summed E-state index contributed by atoms with van der Waals surface area (Å²) >= 11 is 0. The Morgan fingerprint density at radius 1 is 1.23 bits per heavy atom. The van der Waals surface area contributed by atoms with E-state index in [2.05, 4.69) is 5.32 Å². The van der Waals surface area contributed by atoms with E-state index in [0.29, 0.717) is 23.9 Å². The van der Waals surface area contributed by atoms with Crippen molar-refractivity contribution >= 4 is 5.96 Å². The molecule has 3 rings (SSSR count). The first-order valence-corrected chi connectivity index (χ1v) is 8.53. The van der Waals surface area contributed by atoms with Gasteiger partial charge in [-0.15, -0.1) is 0 Å². The molecule has 2 N–H and O–H groups in total. The average Bonchev–Trinajstić information content (AvgIpc) is 2.70. The maximum Gasteiger partial charge on any atom is 0.219 e. The number of nitrogens with zero attached hydrogens (tertiary/aromatic N) is 2. The molecule has 0 spiro atoms. The van der Waals surface area contributed by atoms with Crippen molar-refractivity contribution in [3.05, 3.63) is 65.0 Å². The molecule has 0 saturated heterocycles. The highest BCUT2D eigenvalue weighted by Gasteiger charge is 2.26. The molecule has 2 aromatic carbocycles. The van der Waals surface area contributed by atoms with Crippen LogP contribution in [0, 0.1) is 5.82 Å². The van der Waals surface area contributed by atoms with Crippen molar-refractivity contribution in [1.82, 2.24) is 10.4 Å². The number of halogens is 1. The average molecular weight is 357 g/mol. The van der Waals surface area contributed by atoms with Crippen LogP contribution in [-0.2, 0) is 6.61 Å². The van der Waals surface area contributed by atoms with Crippen LogP contribution in [0.4, 0.5) is 4.39 Å². The Labute approximate surface area is 153 Å². The summed E-state index contributed by atoms with van der Waals surface area (Å²) in [6.45, 7) is 6.31. The van der Waals surface area contributed by atoms with Gasteiger partial charge in [0.2, 0.25) is 5.96 Å². The Kier molecular flexibility index (Phi) is 4.87. The first kappa shape index (κ1) is 18.2. The maximum absolute atomic E-state index is 14.0. The Morgan fingerprint density at radius 3 is 2.65 bits per heavy atom. The number of ether oxygens (including phenoxy) is 1. The molecule has 0 amide bonds. The van der Waals surface area contributed by atoms with Crippen LogP contribution in [0.25, 0.3) is 0 Å². The SMILES string of the molecule is CN(O)C(=NC1c2ccccc2COc2ccc(F)cc21)NC(C)(C)C. The van der Waals surface area contributed by atoms with Gasteiger partial charge in [-0.3, -0.25) is 5.21 Å². The van der Waals surface area contributed by atoms with E-state index >= 15 is 0 Å². The molecule has 138 valence electrons. The number of rotatable bonds is 1. The molecule has 5 nitrogen and oxygen atoms in total. The lowest BCUT2D eigenvalue weighted by atomic mass is 9.95. The molecular formula is C20H24FN3O2. The van der Waals surface area contributed by atoms with Gasteiger partial charge in [-0.2, -0.15) is 0 Å². The molecule has 0 aliphatic carbocycles. The van der Waals surface area contributed by atoms with Gasteiger partial charge in [-0.05, 0) is 50.1 Å². The Hall–Kier alpha value is -2.60. The van der Waals surface area contributed by atoms with Crippen LogP contribution in [0.3, 0.4) is 0 Å². The number of fused-ring (bicyclic) bond motifs is 2. The standard InChI is InChI=1S/C20H24FN3O2/c1-20(2,3)23-19(24(4)25)22-18-15-8-6-5-7-13(15)12-26-17-10-9-14(21)11-16(17)18/h5-11,18,25H,12H2,1-4H3,(H,22,23). The molecule has 6 heteroatoms. The zero-order valence-electron chi connectivity index (χ0n) is 15.5. The molecule has 0 fully saturated rings. The third-order valence-electron chi connectivity index (χ3n) is 4.04. The van der Waals surface area contributed by atoms with E-state index < -0.39 is 6.04 Å². The highest BCUT2D eigenvalue weighted by Crippen LogP contribution is 2.38. The predicted molar refractivity (Wildman–Crippen MR) is 98.9 cm³/mol. The van der Waals surface area contributed by atoms with Crippen molar-refractivity contribution < 1.29 is 14.3 Å². The number of guanidine groups is 1. The fourth-order valence-electron chi connectivity index (χ4n) is 2.91. The summed E-state index contributed by atoms with van der Waals surface area (Å²) in [5.41, 5.74) is 2.23. The van der Waals surface area contributed by atoms with Crippen LogP contribution in [0.1, 0.15) is 43.5 Å². The van der Waals surface area contributed by atoms with Gasteiger partial charge >= 0.3 is 0 Å². The van der Waals surface area contributed by atoms with Crippen LogP contribution in [-0.4, -0.2) is 28.8 Å². The van der Waals surface area contributed by atoms with Gasteiger partial charge in [0.1, 0.15) is 24.2 Å². The summed E-state index contributed by atoms with van der Waals surface area (Å²) < 4.78 is 19.8. The largest absolute Gasteiger partial charge is 0.489 e. The molecule has 0 aromatic heterocycles. The summed E-state index contributed by atoms with van der Waals surface area (Å²) in [6, 6.07) is 11.7. The quantitative estimate of drug-likeness (QED) is 0.462. The van der Waals surface area contributed by atoms with Crippen LogP contribution < -0.4 is 10.1 Å². The highest BCUT2D eigenvalue weighted by atomic mass is 19.1. The zero-order valence-corrected chi connectivity index (χ0v) is 15.5. The van der Waals surface area contributed by atoms with Gasteiger partial charge in [0.05, 0.1) is 0 Å². The molecule has 0 radical (unpaired) electrons. The van der Waals surface area contributed by atoms with E-state index in [1.807, 2.05) is 45.0 Å². The van der Waals surface area contributed by atoms with Crippen molar-refractivity contribution in [3.63, 3.8) is 0 Å². The molecule has 0 saturated carbocycles. The van der Waals surface area contributed by atoms with Crippen LogP contribution in [0.5, 0.6) is 5.75 Å². The number of benzene rings is 2. The fraction of sp³-hybridized carbons (Fsp3) is 0.350. The predicted octanol–water partition coefficient (Wildman–Crippen LogP) is 3.87. The van der Waals surface area contributed by atoms with E-state index in [9.17, 15) is 9.60 Å². The number of hydroxylamine groups is 2. The highest BCUT2D eigenvalue weighted by molar-refractivity contribution is 5.80. The van der Waals surface area contributed by atoms with Crippen LogP contribution in [0.15, 0.2) is 47.5 Å². The lowest BCUT2D eigenvalue weighted by Crippen LogP contribution is -2.47. The molecule has 1 atom stereocenters.